The van der Waals surface area contributed by atoms with Gasteiger partial charge in [0.05, 0.1) is 5.56 Å². The van der Waals surface area contributed by atoms with Crippen molar-refractivity contribution in [3.05, 3.63) is 81.4 Å². The van der Waals surface area contributed by atoms with Gasteiger partial charge >= 0.3 is 5.97 Å². The second kappa shape index (κ2) is 6.26. The Labute approximate surface area is 136 Å². The molecule has 3 aromatic carbocycles. The minimum atomic E-state index is -0.292. The van der Waals surface area contributed by atoms with E-state index in [0.29, 0.717) is 12.2 Å². The maximum atomic E-state index is 12.1. The maximum Gasteiger partial charge on any atom is 0.338 e. The summed E-state index contributed by atoms with van der Waals surface area (Å²) >= 11 is 2.27. The lowest BCUT2D eigenvalue weighted by Crippen LogP contribution is -2.05. The molecule has 0 N–H and O–H groups in total. The van der Waals surface area contributed by atoms with E-state index in [1.807, 2.05) is 48.5 Å². The summed E-state index contributed by atoms with van der Waals surface area (Å²) in [7, 11) is 0. The Kier molecular flexibility index (Phi) is 4.20. The van der Waals surface area contributed by atoms with E-state index in [1.165, 1.54) is 0 Å². The molecule has 0 aliphatic heterocycles. The van der Waals surface area contributed by atoms with Crippen molar-refractivity contribution in [3.63, 3.8) is 0 Å². The third-order valence-corrected chi connectivity index (χ3v) is 3.92. The zero-order valence-corrected chi connectivity index (χ0v) is 13.4. The first-order valence-electron chi connectivity index (χ1n) is 6.63. The van der Waals surface area contributed by atoms with Gasteiger partial charge in [-0.05, 0) is 63.2 Å². The molecule has 0 unspecified atom stereocenters. The topological polar surface area (TPSA) is 26.3 Å². The number of rotatable bonds is 3. The van der Waals surface area contributed by atoms with E-state index in [0.717, 1.165) is 19.9 Å². The summed E-state index contributed by atoms with van der Waals surface area (Å²) < 4.78 is 6.50. The molecule has 0 amide bonds. The van der Waals surface area contributed by atoms with Gasteiger partial charge in [-0.2, -0.15) is 0 Å². The molecule has 0 fully saturated rings. The Morgan fingerprint density at radius 3 is 2.48 bits per heavy atom. The molecule has 0 aliphatic carbocycles. The summed E-state index contributed by atoms with van der Waals surface area (Å²) in [6.07, 6.45) is 0. The van der Waals surface area contributed by atoms with Gasteiger partial charge in [0.1, 0.15) is 6.61 Å². The molecule has 0 radical (unpaired) electrons. The van der Waals surface area contributed by atoms with Gasteiger partial charge in [-0.1, -0.05) is 42.5 Å². The molecule has 2 nitrogen and oxygen atoms in total. The van der Waals surface area contributed by atoms with Crippen LogP contribution in [0.1, 0.15) is 15.9 Å². The number of carbonyl (C=O) groups excluding carboxylic acids is 1. The third-order valence-electron chi connectivity index (χ3n) is 3.25. The summed E-state index contributed by atoms with van der Waals surface area (Å²) in [5.41, 5.74) is 1.57. The van der Waals surface area contributed by atoms with Gasteiger partial charge < -0.3 is 4.74 Å². The Hall–Kier alpha value is -1.88. The largest absolute Gasteiger partial charge is 0.457 e. The molecular formula is C18H13IO2. The number of fused-ring (bicyclic) bond motifs is 1. The highest BCUT2D eigenvalue weighted by atomic mass is 127. The smallest absolute Gasteiger partial charge is 0.338 e. The van der Waals surface area contributed by atoms with Crippen molar-refractivity contribution in [2.45, 2.75) is 6.61 Å². The van der Waals surface area contributed by atoms with Crippen LogP contribution in [-0.2, 0) is 11.3 Å². The SMILES string of the molecule is O=C(OCc1ccccc1)c1ccc2ccc(I)cc2c1. The Bertz CT molecular complexity index is 782. The lowest BCUT2D eigenvalue weighted by Gasteiger charge is -2.06. The van der Waals surface area contributed by atoms with Crippen molar-refractivity contribution in [1.29, 1.82) is 0 Å². The number of ether oxygens (including phenoxy) is 1. The van der Waals surface area contributed by atoms with E-state index in [1.54, 1.807) is 0 Å². The number of hydrogen-bond acceptors (Lipinski definition) is 2. The van der Waals surface area contributed by atoms with E-state index in [4.69, 9.17) is 4.74 Å². The molecule has 0 atom stereocenters. The van der Waals surface area contributed by atoms with Crippen LogP contribution in [0.3, 0.4) is 0 Å². The van der Waals surface area contributed by atoms with E-state index < -0.39 is 0 Å². The molecular weight excluding hydrogens is 375 g/mol. The van der Waals surface area contributed by atoms with E-state index >= 15 is 0 Å². The fourth-order valence-electron chi connectivity index (χ4n) is 2.15. The fraction of sp³-hybridized carbons (Fsp3) is 0.0556. The van der Waals surface area contributed by atoms with Crippen LogP contribution in [0.15, 0.2) is 66.7 Å². The Morgan fingerprint density at radius 1 is 0.905 bits per heavy atom. The molecule has 0 aromatic heterocycles. The van der Waals surface area contributed by atoms with E-state index in [-0.39, 0.29) is 5.97 Å². The molecule has 21 heavy (non-hydrogen) atoms. The third kappa shape index (κ3) is 3.42. The molecule has 104 valence electrons. The van der Waals surface area contributed by atoms with Crippen LogP contribution in [0.25, 0.3) is 10.8 Å². The zero-order chi connectivity index (χ0) is 14.7. The fourth-order valence-corrected chi connectivity index (χ4v) is 2.67. The van der Waals surface area contributed by atoms with E-state index in [2.05, 4.69) is 40.8 Å². The van der Waals surface area contributed by atoms with Gasteiger partial charge in [-0.3, -0.25) is 0 Å². The lowest BCUT2D eigenvalue weighted by molar-refractivity contribution is 0.0473. The average Bonchev–Trinajstić information content (AvgIpc) is 2.53. The highest BCUT2D eigenvalue weighted by Gasteiger charge is 2.08. The lowest BCUT2D eigenvalue weighted by atomic mass is 10.1. The van der Waals surface area contributed by atoms with Crippen molar-refractivity contribution in [3.8, 4) is 0 Å². The highest BCUT2D eigenvalue weighted by molar-refractivity contribution is 14.1. The summed E-state index contributed by atoms with van der Waals surface area (Å²) in [4.78, 5) is 12.1. The monoisotopic (exact) mass is 388 g/mol. The molecule has 0 saturated carbocycles. The van der Waals surface area contributed by atoms with E-state index in [9.17, 15) is 4.79 Å². The number of esters is 1. The summed E-state index contributed by atoms with van der Waals surface area (Å²) in [6, 6.07) is 21.5. The first-order chi connectivity index (χ1) is 10.2. The maximum absolute atomic E-state index is 12.1. The van der Waals surface area contributed by atoms with Gasteiger partial charge in [-0.15, -0.1) is 0 Å². The molecule has 3 heteroatoms. The minimum absolute atomic E-state index is 0.292. The van der Waals surface area contributed by atoms with Gasteiger partial charge in [0.15, 0.2) is 0 Å². The first-order valence-corrected chi connectivity index (χ1v) is 7.70. The molecule has 0 bridgehead atoms. The number of hydrogen-bond donors (Lipinski definition) is 0. The van der Waals surface area contributed by atoms with Crippen molar-refractivity contribution in [2.75, 3.05) is 0 Å². The van der Waals surface area contributed by atoms with Gasteiger partial charge in [0, 0.05) is 3.57 Å². The van der Waals surface area contributed by atoms with Crippen LogP contribution in [0, 0.1) is 3.57 Å². The van der Waals surface area contributed by atoms with Gasteiger partial charge in [0.25, 0.3) is 0 Å². The molecule has 0 saturated heterocycles. The second-order valence-electron chi connectivity index (χ2n) is 4.77. The summed E-state index contributed by atoms with van der Waals surface area (Å²) in [6.45, 7) is 0.296. The predicted molar refractivity (Wildman–Crippen MR) is 92.2 cm³/mol. The second-order valence-corrected chi connectivity index (χ2v) is 6.01. The van der Waals surface area contributed by atoms with Crippen LogP contribution in [0.4, 0.5) is 0 Å². The van der Waals surface area contributed by atoms with Crippen LogP contribution in [0.5, 0.6) is 0 Å². The summed E-state index contributed by atoms with van der Waals surface area (Å²) in [5, 5.41) is 2.17. The van der Waals surface area contributed by atoms with Crippen molar-refractivity contribution in [1.82, 2.24) is 0 Å². The van der Waals surface area contributed by atoms with Crippen LogP contribution in [-0.4, -0.2) is 5.97 Å². The molecule has 0 aliphatic rings. The Balaban J connectivity index is 1.78. The first kappa shape index (κ1) is 14.1. The number of carbonyl (C=O) groups is 1. The minimum Gasteiger partial charge on any atom is -0.457 e. The molecule has 0 heterocycles. The number of halogens is 1. The normalized spacial score (nSPS) is 10.5. The van der Waals surface area contributed by atoms with Gasteiger partial charge in [-0.25, -0.2) is 4.79 Å². The average molecular weight is 388 g/mol. The van der Waals surface area contributed by atoms with Crippen LogP contribution in [0.2, 0.25) is 0 Å². The van der Waals surface area contributed by atoms with Crippen molar-refractivity contribution >= 4 is 39.3 Å². The Morgan fingerprint density at radius 2 is 1.67 bits per heavy atom. The predicted octanol–water partition coefficient (Wildman–Crippen LogP) is 4.80. The number of benzene rings is 3. The molecule has 3 aromatic rings. The van der Waals surface area contributed by atoms with Crippen molar-refractivity contribution < 1.29 is 9.53 Å². The van der Waals surface area contributed by atoms with Crippen LogP contribution < -0.4 is 0 Å². The van der Waals surface area contributed by atoms with Crippen LogP contribution >= 0.6 is 22.6 Å². The quantitative estimate of drug-likeness (QED) is 0.476. The van der Waals surface area contributed by atoms with Gasteiger partial charge in [0.2, 0.25) is 0 Å². The highest BCUT2D eigenvalue weighted by Crippen LogP contribution is 2.19. The summed E-state index contributed by atoms with van der Waals surface area (Å²) in [5.74, 6) is -0.292. The molecule has 3 rings (SSSR count). The van der Waals surface area contributed by atoms with Crippen molar-refractivity contribution in [2.24, 2.45) is 0 Å². The molecule has 0 spiro atoms. The zero-order valence-electron chi connectivity index (χ0n) is 11.3. The standard InChI is InChI=1S/C18H13IO2/c19-17-9-8-14-6-7-15(10-16(14)11-17)18(20)21-12-13-4-2-1-3-5-13/h1-11H,12H2.